The van der Waals surface area contributed by atoms with Crippen LogP contribution in [0.5, 0.6) is 17.2 Å². The summed E-state index contributed by atoms with van der Waals surface area (Å²) in [5.74, 6) is 1.01. The third kappa shape index (κ3) is 8.05. The van der Waals surface area contributed by atoms with Crippen LogP contribution in [0.2, 0.25) is 0 Å². The Hall–Kier alpha value is -4.69. The van der Waals surface area contributed by atoms with Crippen molar-refractivity contribution in [1.82, 2.24) is 31.1 Å². The Morgan fingerprint density at radius 2 is 1.90 bits per heavy atom. The fraction of sp³-hybridized carbons (Fsp3) is 0.382. The maximum atomic E-state index is 14.7. The second-order valence-electron chi connectivity index (χ2n) is 11.5. The summed E-state index contributed by atoms with van der Waals surface area (Å²) in [5, 5.41) is 21.9. The van der Waals surface area contributed by atoms with Gasteiger partial charge in [0.2, 0.25) is 11.8 Å². The van der Waals surface area contributed by atoms with Crippen LogP contribution in [0.3, 0.4) is 0 Å². The molecule has 3 atom stereocenters. The SMILES string of the molecule is C=CCNCC(=O)N1[C@@H](NC(=O)NCc2ccc(OC)c(OC)c2)CN(CC2=CCC(F)C3=C2NCS3)C(=O)[C@@H]1Cc1ccc(O)cc1. The summed E-state index contributed by atoms with van der Waals surface area (Å²) < 4.78 is 25.3. The molecule has 2 heterocycles. The molecule has 256 valence electrons. The minimum atomic E-state index is -1.09. The number of carbonyl (C=O) groups is 3. The molecule has 1 aliphatic carbocycles. The number of nitrogens with zero attached hydrogens (tertiary/aromatic N) is 2. The molecule has 3 aliphatic rings. The van der Waals surface area contributed by atoms with Gasteiger partial charge in [-0.15, -0.1) is 18.3 Å². The van der Waals surface area contributed by atoms with Crippen molar-refractivity contribution in [1.29, 1.82) is 0 Å². The molecule has 5 N–H and O–H groups in total. The van der Waals surface area contributed by atoms with Crippen LogP contribution in [0.1, 0.15) is 17.5 Å². The highest BCUT2D eigenvalue weighted by Gasteiger charge is 2.44. The second-order valence-corrected chi connectivity index (χ2v) is 12.5. The fourth-order valence-corrected chi connectivity index (χ4v) is 6.99. The number of methoxy groups -OCH3 is 2. The van der Waals surface area contributed by atoms with Gasteiger partial charge in [0.25, 0.3) is 0 Å². The summed E-state index contributed by atoms with van der Waals surface area (Å²) in [6.07, 6.45) is 1.79. The van der Waals surface area contributed by atoms with Gasteiger partial charge in [0, 0.05) is 37.4 Å². The van der Waals surface area contributed by atoms with Gasteiger partial charge in [-0.05, 0) is 41.0 Å². The van der Waals surface area contributed by atoms with Crippen molar-refractivity contribution in [3.63, 3.8) is 0 Å². The minimum absolute atomic E-state index is 0.00797. The molecule has 0 spiro atoms. The van der Waals surface area contributed by atoms with E-state index >= 15 is 0 Å². The van der Waals surface area contributed by atoms with Crippen LogP contribution in [0.4, 0.5) is 9.18 Å². The zero-order valence-corrected chi connectivity index (χ0v) is 27.8. The second kappa shape index (κ2) is 15.9. The van der Waals surface area contributed by atoms with E-state index in [2.05, 4.69) is 27.8 Å². The van der Waals surface area contributed by atoms with Crippen LogP contribution in [0.25, 0.3) is 0 Å². The van der Waals surface area contributed by atoms with E-state index in [0.717, 1.165) is 16.7 Å². The van der Waals surface area contributed by atoms with Crippen LogP contribution in [0, 0.1) is 0 Å². The lowest BCUT2D eigenvalue weighted by molar-refractivity contribution is -0.155. The van der Waals surface area contributed by atoms with Gasteiger partial charge in [0.1, 0.15) is 24.1 Å². The minimum Gasteiger partial charge on any atom is -0.508 e. The molecule has 2 aromatic carbocycles. The molecule has 1 fully saturated rings. The van der Waals surface area contributed by atoms with Crippen LogP contribution in [-0.2, 0) is 22.6 Å². The molecule has 12 nitrogen and oxygen atoms in total. The molecule has 14 heteroatoms. The number of ether oxygens (including phenoxy) is 2. The average Bonchev–Trinajstić information content (AvgIpc) is 3.59. The number of phenolic OH excluding ortho intramolecular Hbond substituents is 1. The highest BCUT2D eigenvalue weighted by atomic mass is 32.2. The normalized spacial score (nSPS) is 20.4. The molecule has 1 unspecified atom stereocenters. The quantitative estimate of drug-likeness (QED) is 0.159. The van der Waals surface area contributed by atoms with Crippen LogP contribution >= 0.6 is 11.8 Å². The molecule has 4 amide bonds. The largest absolute Gasteiger partial charge is 0.508 e. The molecule has 0 bridgehead atoms. The van der Waals surface area contributed by atoms with E-state index in [1.165, 1.54) is 43.0 Å². The molecular formula is C34H41FN6O6S. The van der Waals surface area contributed by atoms with E-state index in [0.29, 0.717) is 34.5 Å². The first kappa shape index (κ1) is 34.6. The van der Waals surface area contributed by atoms with Gasteiger partial charge in [0.05, 0.1) is 38.9 Å². The van der Waals surface area contributed by atoms with Gasteiger partial charge in [-0.3, -0.25) is 9.59 Å². The van der Waals surface area contributed by atoms with E-state index in [-0.39, 0.29) is 56.6 Å². The smallest absolute Gasteiger partial charge is 0.316 e. The van der Waals surface area contributed by atoms with Crippen molar-refractivity contribution in [2.75, 3.05) is 46.3 Å². The standard InChI is InChI=1S/C34H41FN6O6S/c1-4-13-36-17-30(43)41-26(14-21-5-9-24(42)10-6-21)33(44)40(18-23-8-11-25(35)32-31(23)38-20-48-32)19-29(41)39-34(45)37-16-22-7-12-27(46-2)28(15-22)47-3/h4-10,12,15,25-26,29,36,38,42H,1,11,13-14,16-20H2,2-3H3,(H2,37,39,45)/t25?,26-,29+/m0/s1. The average molecular weight is 681 g/mol. The number of benzene rings is 2. The molecule has 2 aliphatic heterocycles. The zero-order chi connectivity index (χ0) is 34.2. The lowest BCUT2D eigenvalue weighted by atomic mass is 9.97. The van der Waals surface area contributed by atoms with Crippen molar-refractivity contribution in [3.8, 4) is 17.2 Å². The number of thioether (sulfide) groups is 1. The Kier molecular flexibility index (Phi) is 11.5. The van der Waals surface area contributed by atoms with Gasteiger partial charge >= 0.3 is 6.03 Å². The highest BCUT2D eigenvalue weighted by molar-refractivity contribution is 8.03. The molecule has 48 heavy (non-hydrogen) atoms. The number of rotatable bonds is 13. The molecular weight excluding hydrogens is 639 g/mol. The van der Waals surface area contributed by atoms with Crippen LogP contribution in [-0.4, -0.2) is 97.4 Å². The van der Waals surface area contributed by atoms with Crippen molar-refractivity contribution in [3.05, 3.63) is 88.5 Å². The summed E-state index contributed by atoms with van der Waals surface area (Å²) in [6.45, 7) is 4.31. The molecule has 5 rings (SSSR count). The maximum absolute atomic E-state index is 14.7. The summed E-state index contributed by atoms with van der Waals surface area (Å²) >= 11 is 1.42. The van der Waals surface area contributed by atoms with Crippen molar-refractivity contribution in [2.24, 2.45) is 0 Å². The zero-order valence-electron chi connectivity index (χ0n) is 27.0. The van der Waals surface area contributed by atoms with Gasteiger partial charge < -0.3 is 45.6 Å². The summed E-state index contributed by atoms with van der Waals surface area (Å²) in [7, 11) is 3.07. The van der Waals surface area contributed by atoms with Gasteiger partial charge in [0.15, 0.2) is 11.5 Å². The Balaban J connectivity index is 1.42. The Morgan fingerprint density at radius 3 is 2.62 bits per heavy atom. The van der Waals surface area contributed by atoms with E-state index in [9.17, 15) is 23.9 Å². The predicted molar refractivity (Wildman–Crippen MR) is 181 cm³/mol. The van der Waals surface area contributed by atoms with Gasteiger partial charge in [-0.1, -0.05) is 30.4 Å². The summed E-state index contributed by atoms with van der Waals surface area (Å²) in [4.78, 5) is 45.2. The van der Waals surface area contributed by atoms with E-state index in [1.807, 2.05) is 0 Å². The number of urea groups is 1. The first-order chi connectivity index (χ1) is 23.2. The molecule has 0 aromatic heterocycles. The van der Waals surface area contributed by atoms with Crippen molar-refractivity contribution < 1.29 is 33.4 Å². The number of halogens is 1. The predicted octanol–water partition coefficient (Wildman–Crippen LogP) is 2.77. The molecule has 0 radical (unpaired) electrons. The summed E-state index contributed by atoms with van der Waals surface area (Å²) in [6, 6.07) is 10.2. The lowest BCUT2D eigenvalue weighted by Crippen LogP contribution is -2.70. The van der Waals surface area contributed by atoms with Gasteiger partial charge in [-0.2, -0.15) is 0 Å². The number of nitrogens with one attached hydrogen (secondary N) is 4. The van der Waals surface area contributed by atoms with Gasteiger partial charge in [-0.25, -0.2) is 9.18 Å². The molecule has 0 saturated carbocycles. The first-order valence-corrected chi connectivity index (χ1v) is 16.6. The van der Waals surface area contributed by atoms with E-state index < -0.39 is 24.4 Å². The monoisotopic (exact) mass is 680 g/mol. The Bertz CT molecular complexity index is 1580. The van der Waals surface area contributed by atoms with Crippen LogP contribution in [0.15, 0.2) is 77.4 Å². The fourth-order valence-electron chi connectivity index (χ4n) is 6.00. The Morgan fingerprint density at radius 1 is 1.15 bits per heavy atom. The van der Waals surface area contributed by atoms with Crippen molar-refractivity contribution >= 4 is 29.6 Å². The maximum Gasteiger partial charge on any atom is 0.316 e. The number of amides is 4. The number of phenols is 1. The number of hydrogen-bond acceptors (Lipinski definition) is 9. The number of allylic oxidation sites excluding steroid dienone is 2. The third-order valence-corrected chi connectivity index (χ3v) is 9.40. The molecule has 1 saturated heterocycles. The van der Waals surface area contributed by atoms with E-state index in [4.69, 9.17) is 9.47 Å². The summed E-state index contributed by atoms with van der Waals surface area (Å²) in [5.41, 5.74) is 2.98. The van der Waals surface area contributed by atoms with E-state index in [1.54, 1.807) is 47.4 Å². The topological polar surface area (TPSA) is 144 Å². The molecule has 2 aromatic rings. The van der Waals surface area contributed by atoms with Crippen LogP contribution < -0.4 is 30.7 Å². The Labute approximate surface area is 283 Å². The first-order valence-electron chi connectivity index (χ1n) is 15.6. The number of hydrogen-bond donors (Lipinski definition) is 5. The number of carbonyl (C=O) groups excluding carboxylic acids is 3. The number of aromatic hydroxyl groups is 1. The number of alkyl halides is 1. The highest BCUT2D eigenvalue weighted by Crippen LogP contribution is 2.38. The van der Waals surface area contributed by atoms with Crippen molar-refractivity contribution in [2.45, 2.75) is 37.8 Å². The number of piperazine rings is 1. The lowest BCUT2D eigenvalue weighted by Gasteiger charge is -2.46. The third-order valence-electron chi connectivity index (χ3n) is 8.34.